The number of aryl methyl sites for hydroxylation is 1. The molecule has 0 amide bonds. The first kappa shape index (κ1) is 11.3. The summed E-state index contributed by atoms with van der Waals surface area (Å²) in [4.78, 5) is 10.8. The van der Waals surface area contributed by atoms with Gasteiger partial charge in [0.05, 0.1) is 11.9 Å². The van der Waals surface area contributed by atoms with Gasteiger partial charge in [-0.05, 0) is 18.6 Å². The number of nitrogens with zero attached hydrogens (tertiary/aromatic N) is 2. The second-order valence-corrected chi connectivity index (χ2v) is 3.82. The summed E-state index contributed by atoms with van der Waals surface area (Å²) < 4.78 is 1.63. The molecule has 0 saturated carbocycles. The molecule has 0 saturated heterocycles. The number of benzene rings is 1. The molecule has 0 bridgehead atoms. The molecule has 3 N–H and O–H groups in total. The smallest absolute Gasteiger partial charge is 0.325 e. The van der Waals surface area contributed by atoms with Gasteiger partial charge < -0.3 is 10.8 Å². The molecule has 1 aromatic carbocycles. The highest BCUT2D eigenvalue weighted by molar-refractivity contribution is 5.74. The minimum atomic E-state index is -1.06. The highest BCUT2D eigenvalue weighted by Gasteiger charge is 2.16. The van der Waals surface area contributed by atoms with E-state index in [-0.39, 0.29) is 0 Å². The van der Waals surface area contributed by atoms with Crippen LogP contribution in [-0.2, 0) is 4.79 Å². The van der Waals surface area contributed by atoms with E-state index in [1.54, 1.807) is 10.9 Å². The van der Waals surface area contributed by atoms with Crippen LogP contribution in [0.2, 0.25) is 0 Å². The third kappa shape index (κ3) is 2.19. The van der Waals surface area contributed by atoms with Gasteiger partial charge in [0, 0.05) is 11.8 Å². The van der Waals surface area contributed by atoms with Crippen molar-refractivity contribution < 1.29 is 9.90 Å². The minimum Gasteiger partial charge on any atom is -0.480 e. The molecule has 0 aliphatic heterocycles. The molecule has 0 aliphatic rings. The summed E-state index contributed by atoms with van der Waals surface area (Å²) in [6.45, 7) is 1.97. The predicted octanol–water partition coefficient (Wildman–Crippen LogP) is 1.27. The number of para-hydroxylation sites is 1. The van der Waals surface area contributed by atoms with Gasteiger partial charge in [0.2, 0.25) is 0 Å². The lowest BCUT2D eigenvalue weighted by Crippen LogP contribution is -2.19. The summed E-state index contributed by atoms with van der Waals surface area (Å²) in [5.74, 6) is -1.06. The summed E-state index contributed by atoms with van der Waals surface area (Å²) in [6.07, 6.45) is 3.12. The molecule has 0 spiro atoms. The van der Waals surface area contributed by atoms with E-state index in [9.17, 15) is 4.79 Å². The van der Waals surface area contributed by atoms with Crippen LogP contribution in [0.1, 0.15) is 17.2 Å². The molecule has 2 aromatic rings. The molecule has 0 aliphatic carbocycles. The van der Waals surface area contributed by atoms with Gasteiger partial charge in [-0.15, -0.1) is 0 Å². The Morgan fingerprint density at radius 2 is 2.18 bits per heavy atom. The van der Waals surface area contributed by atoms with Gasteiger partial charge in [-0.3, -0.25) is 4.79 Å². The summed E-state index contributed by atoms with van der Waals surface area (Å²) in [6, 6.07) is 6.69. The Morgan fingerprint density at radius 3 is 2.82 bits per heavy atom. The molecule has 5 nitrogen and oxygen atoms in total. The summed E-state index contributed by atoms with van der Waals surface area (Å²) in [5.41, 5.74) is 7.98. The zero-order valence-electron chi connectivity index (χ0n) is 9.37. The van der Waals surface area contributed by atoms with Crippen molar-refractivity contribution in [2.75, 3.05) is 0 Å². The fourth-order valence-electron chi connectivity index (χ4n) is 1.59. The van der Waals surface area contributed by atoms with Crippen LogP contribution in [0.3, 0.4) is 0 Å². The van der Waals surface area contributed by atoms with Crippen molar-refractivity contribution in [3.63, 3.8) is 0 Å². The van der Waals surface area contributed by atoms with E-state index in [0.717, 1.165) is 11.3 Å². The van der Waals surface area contributed by atoms with Crippen LogP contribution < -0.4 is 5.73 Å². The topological polar surface area (TPSA) is 81.1 Å². The van der Waals surface area contributed by atoms with Crippen molar-refractivity contribution in [1.29, 1.82) is 0 Å². The van der Waals surface area contributed by atoms with E-state index in [0.29, 0.717) is 5.56 Å². The Balaban J connectivity index is 2.37. The van der Waals surface area contributed by atoms with E-state index in [4.69, 9.17) is 10.8 Å². The Kier molecular flexibility index (Phi) is 2.93. The Hall–Kier alpha value is -2.14. The van der Waals surface area contributed by atoms with E-state index in [1.807, 2.05) is 31.2 Å². The standard InChI is InChI=1S/C12H13N3O2/c1-8-4-2-3-5-10(8)15-7-9(6-14-15)11(13)12(16)17/h2-7,11H,13H2,1H3,(H,16,17). The summed E-state index contributed by atoms with van der Waals surface area (Å²) >= 11 is 0. The van der Waals surface area contributed by atoms with Gasteiger partial charge in [-0.25, -0.2) is 4.68 Å². The number of rotatable bonds is 3. The fraction of sp³-hybridized carbons (Fsp3) is 0.167. The van der Waals surface area contributed by atoms with Gasteiger partial charge in [0.1, 0.15) is 6.04 Å². The molecule has 88 valence electrons. The number of carboxylic acid groups (broad SMARTS) is 1. The van der Waals surface area contributed by atoms with Crippen molar-refractivity contribution in [2.24, 2.45) is 5.73 Å². The lowest BCUT2D eigenvalue weighted by atomic mass is 10.2. The molecule has 0 radical (unpaired) electrons. The molecule has 2 rings (SSSR count). The van der Waals surface area contributed by atoms with E-state index < -0.39 is 12.0 Å². The Labute approximate surface area is 98.5 Å². The first-order valence-electron chi connectivity index (χ1n) is 5.18. The molecule has 1 heterocycles. The second kappa shape index (κ2) is 4.39. The maximum absolute atomic E-state index is 10.8. The quantitative estimate of drug-likeness (QED) is 0.833. The third-order valence-electron chi connectivity index (χ3n) is 2.59. The Morgan fingerprint density at radius 1 is 1.47 bits per heavy atom. The number of carboxylic acids is 1. The SMILES string of the molecule is Cc1ccccc1-n1cc(C(N)C(=O)O)cn1. The third-order valence-corrected chi connectivity index (χ3v) is 2.59. The summed E-state index contributed by atoms with van der Waals surface area (Å²) in [5, 5.41) is 12.9. The van der Waals surface area contributed by atoms with Crippen LogP contribution in [-0.4, -0.2) is 20.9 Å². The van der Waals surface area contributed by atoms with Gasteiger partial charge in [0.15, 0.2) is 0 Å². The molecular formula is C12H13N3O2. The van der Waals surface area contributed by atoms with Gasteiger partial charge in [-0.2, -0.15) is 5.10 Å². The second-order valence-electron chi connectivity index (χ2n) is 3.82. The van der Waals surface area contributed by atoms with E-state index in [2.05, 4.69) is 5.10 Å². The van der Waals surface area contributed by atoms with Crippen LogP contribution in [0.5, 0.6) is 0 Å². The highest BCUT2D eigenvalue weighted by Crippen LogP contribution is 2.15. The molecule has 5 heteroatoms. The maximum Gasteiger partial charge on any atom is 0.325 e. The number of aliphatic carboxylic acids is 1. The van der Waals surface area contributed by atoms with Crippen LogP contribution in [0, 0.1) is 6.92 Å². The number of carbonyl (C=O) groups is 1. The van der Waals surface area contributed by atoms with Gasteiger partial charge >= 0.3 is 5.97 Å². The molecule has 1 unspecified atom stereocenters. The lowest BCUT2D eigenvalue weighted by Gasteiger charge is -2.05. The van der Waals surface area contributed by atoms with Crippen molar-refractivity contribution in [3.8, 4) is 5.69 Å². The van der Waals surface area contributed by atoms with Gasteiger partial charge in [-0.1, -0.05) is 18.2 Å². The monoisotopic (exact) mass is 231 g/mol. The first-order valence-corrected chi connectivity index (χ1v) is 5.18. The first-order chi connectivity index (χ1) is 8.09. The zero-order valence-corrected chi connectivity index (χ0v) is 9.37. The Bertz CT molecular complexity index is 548. The minimum absolute atomic E-state index is 0.487. The van der Waals surface area contributed by atoms with Crippen molar-refractivity contribution in [3.05, 3.63) is 47.8 Å². The number of aromatic nitrogens is 2. The predicted molar refractivity (Wildman–Crippen MR) is 62.9 cm³/mol. The van der Waals surface area contributed by atoms with Crippen LogP contribution in [0.15, 0.2) is 36.7 Å². The number of hydrogen-bond donors (Lipinski definition) is 2. The van der Waals surface area contributed by atoms with Crippen molar-refractivity contribution >= 4 is 5.97 Å². The maximum atomic E-state index is 10.8. The number of nitrogens with two attached hydrogens (primary N) is 1. The average Bonchev–Trinajstić information content (AvgIpc) is 2.77. The highest BCUT2D eigenvalue weighted by atomic mass is 16.4. The normalized spacial score (nSPS) is 12.4. The molecule has 1 aromatic heterocycles. The van der Waals surface area contributed by atoms with Crippen LogP contribution in [0.25, 0.3) is 5.69 Å². The largest absolute Gasteiger partial charge is 0.480 e. The average molecular weight is 231 g/mol. The fourth-order valence-corrected chi connectivity index (χ4v) is 1.59. The van der Waals surface area contributed by atoms with E-state index in [1.165, 1.54) is 6.20 Å². The molecular weight excluding hydrogens is 218 g/mol. The molecule has 17 heavy (non-hydrogen) atoms. The van der Waals surface area contributed by atoms with Crippen LogP contribution in [0.4, 0.5) is 0 Å². The van der Waals surface area contributed by atoms with Crippen LogP contribution >= 0.6 is 0 Å². The molecule has 0 fully saturated rings. The van der Waals surface area contributed by atoms with Gasteiger partial charge in [0.25, 0.3) is 0 Å². The van der Waals surface area contributed by atoms with Crippen molar-refractivity contribution in [2.45, 2.75) is 13.0 Å². The van der Waals surface area contributed by atoms with E-state index >= 15 is 0 Å². The van der Waals surface area contributed by atoms with Crippen molar-refractivity contribution in [1.82, 2.24) is 9.78 Å². The lowest BCUT2D eigenvalue weighted by molar-refractivity contribution is -0.138. The summed E-state index contributed by atoms with van der Waals surface area (Å²) in [7, 11) is 0. The zero-order chi connectivity index (χ0) is 12.4. The molecule has 1 atom stereocenters. The number of hydrogen-bond acceptors (Lipinski definition) is 3.